The fourth-order valence-electron chi connectivity index (χ4n) is 3.70. The van der Waals surface area contributed by atoms with Crippen molar-refractivity contribution in [3.63, 3.8) is 0 Å². The van der Waals surface area contributed by atoms with E-state index in [-0.39, 0.29) is 40.3 Å². The lowest BCUT2D eigenvalue weighted by Crippen LogP contribution is -2.41. The lowest BCUT2D eigenvalue weighted by molar-refractivity contribution is -0.106. The first kappa shape index (κ1) is 32.9. The number of nitrogens with two attached hydrogens (primary N) is 1. The molecule has 2 heterocycles. The van der Waals surface area contributed by atoms with E-state index in [1.165, 1.54) is 43.5 Å². The van der Waals surface area contributed by atoms with Gasteiger partial charge in [-0.25, -0.2) is 4.39 Å². The second-order valence-electron chi connectivity index (χ2n) is 9.92. The molecule has 2 aromatic rings. The highest BCUT2D eigenvalue weighted by Gasteiger charge is 2.36. The maximum atomic E-state index is 14.6. The number of pyridine rings is 1. The topological polar surface area (TPSA) is 113 Å². The molecule has 2 fully saturated rings. The predicted molar refractivity (Wildman–Crippen MR) is 172 cm³/mol. The third-order valence-corrected chi connectivity index (χ3v) is 7.78. The summed E-state index contributed by atoms with van der Waals surface area (Å²) in [6.07, 6.45) is 2.11. The van der Waals surface area contributed by atoms with E-state index in [1.54, 1.807) is 24.9 Å². The van der Waals surface area contributed by atoms with Crippen LogP contribution >= 0.6 is 42.8 Å². The van der Waals surface area contributed by atoms with Gasteiger partial charge in [0.15, 0.2) is 0 Å². The summed E-state index contributed by atoms with van der Waals surface area (Å²) in [5, 5.41) is 2.89. The van der Waals surface area contributed by atoms with E-state index in [9.17, 15) is 18.8 Å². The van der Waals surface area contributed by atoms with Gasteiger partial charge >= 0.3 is 0 Å². The summed E-state index contributed by atoms with van der Waals surface area (Å²) in [6, 6.07) is 4.62. The Morgan fingerprint density at radius 1 is 1.33 bits per heavy atom. The number of anilines is 3. The van der Waals surface area contributed by atoms with Gasteiger partial charge in [0.05, 0.1) is 11.4 Å². The lowest BCUT2D eigenvalue weighted by atomic mass is 10.1. The first-order chi connectivity index (χ1) is 18.3. The molecule has 2 aliphatic rings. The second-order valence-corrected chi connectivity index (χ2v) is 11.6. The number of aryl methyl sites for hydroxylation is 1. The van der Waals surface area contributed by atoms with Gasteiger partial charge in [0.1, 0.15) is 17.2 Å². The van der Waals surface area contributed by atoms with Crippen LogP contribution in [0.4, 0.5) is 21.6 Å². The number of rotatable bonds is 6. The molecular weight excluding hydrogens is 654 g/mol. The highest BCUT2D eigenvalue weighted by atomic mass is 127. The Kier molecular flexibility index (Phi) is 11.7. The normalized spacial score (nSPS) is 15.2. The average molecular weight is 691 g/mol. The number of amides is 2. The second kappa shape index (κ2) is 13.9. The summed E-state index contributed by atoms with van der Waals surface area (Å²) < 4.78 is 16.5. The van der Waals surface area contributed by atoms with Crippen molar-refractivity contribution < 1.29 is 14.0 Å². The number of nitrogens with zero attached hydrogens (tertiary/aromatic N) is 4. The summed E-state index contributed by atoms with van der Waals surface area (Å²) in [6.45, 7) is 7.78. The zero-order valence-electron chi connectivity index (χ0n) is 23.2. The van der Waals surface area contributed by atoms with Crippen molar-refractivity contribution in [1.29, 1.82) is 0 Å². The third-order valence-electron chi connectivity index (χ3n) is 6.34. The summed E-state index contributed by atoms with van der Waals surface area (Å²) in [4.78, 5) is 44.9. The van der Waals surface area contributed by atoms with Crippen LogP contribution in [0.15, 0.2) is 28.0 Å². The minimum atomic E-state index is -0.546. The first-order valence-corrected chi connectivity index (χ1v) is 16.4. The molecule has 1 saturated heterocycles. The maximum absolute atomic E-state index is 14.6. The molecule has 1 aliphatic carbocycles. The van der Waals surface area contributed by atoms with Gasteiger partial charge in [-0.2, -0.15) is 11.8 Å². The van der Waals surface area contributed by atoms with E-state index < -0.39 is 17.3 Å². The van der Waals surface area contributed by atoms with Crippen molar-refractivity contribution in [2.45, 2.75) is 51.3 Å². The SMILES string of the molecule is CC1(C)CS1.CN=C(N)N(C=O)c1c(C(=O)N(C)C2CC2)c(Nc2ccc(C)cc2F)n(C)c(=O)c1C.SI. The molecule has 1 aromatic heterocycles. The van der Waals surface area contributed by atoms with Crippen LogP contribution in [0.2, 0.25) is 0 Å². The Hall–Kier alpha value is -2.26. The third kappa shape index (κ3) is 8.13. The molecular formula is C26H36FIN6O3S2. The Morgan fingerprint density at radius 2 is 1.90 bits per heavy atom. The molecule has 2 amide bonds. The Bertz CT molecular complexity index is 1310. The standard InChI is InChI=1S/C22H27FN6O3.C4H8S.HIS/c1-12-6-9-16(15(23)10-12)26-19-17(21(32)27(4)14-7-8-14)18(13(2)20(31)28(19)5)29(11-30)22(24)25-3;1-4(2)3-5-4;1-2/h6,9-11,14,26H,7-8H2,1-5H3,(H2,24,25);3H2,1-2H3;2H. The highest BCUT2D eigenvalue weighted by molar-refractivity contribution is 14.2. The van der Waals surface area contributed by atoms with E-state index in [0.29, 0.717) is 11.2 Å². The number of aromatic nitrogens is 1. The van der Waals surface area contributed by atoms with Crippen LogP contribution in [0, 0.1) is 19.7 Å². The van der Waals surface area contributed by atoms with E-state index in [4.69, 9.17) is 5.73 Å². The van der Waals surface area contributed by atoms with Gasteiger partial charge in [-0.05, 0) is 79.4 Å². The Morgan fingerprint density at radius 3 is 2.33 bits per heavy atom. The van der Waals surface area contributed by atoms with Crippen LogP contribution in [-0.2, 0) is 11.8 Å². The number of guanidine groups is 1. The monoisotopic (exact) mass is 690 g/mol. The number of hydrogen-bond donors (Lipinski definition) is 3. The molecule has 1 aliphatic heterocycles. The number of thiol groups is 1. The number of carbonyl (C=O) groups excluding carboxylic acids is 2. The smallest absolute Gasteiger partial charge is 0.259 e. The molecule has 0 radical (unpaired) electrons. The molecule has 0 spiro atoms. The number of hydrogen-bond acceptors (Lipinski definition) is 7. The van der Waals surface area contributed by atoms with Crippen LogP contribution in [-0.4, -0.2) is 58.4 Å². The van der Waals surface area contributed by atoms with Crippen LogP contribution in [0.1, 0.15) is 48.2 Å². The van der Waals surface area contributed by atoms with Crippen molar-refractivity contribution >= 4 is 78.2 Å². The Balaban J connectivity index is 0.000000671. The molecule has 0 bridgehead atoms. The lowest BCUT2D eigenvalue weighted by Gasteiger charge is -2.28. The number of halogens is 2. The van der Waals surface area contributed by atoms with Gasteiger partial charge in [-0.3, -0.25) is 28.8 Å². The number of nitrogens with one attached hydrogen (secondary N) is 1. The van der Waals surface area contributed by atoms with Crippen molar-refractivity contribution in [2.24, 2.45) is 17.8 Å². The molecule has 39 heavy (non-hydrogen) atoms. The molecule has 0 atom stereocenters. The predicted octanol–water partition coefficient (Wildman–Crippen LogP) is 4.80. The van der Waals surface area contributed by atoms with Crippen molar-refractivity contribution in [3.8, 4) is 0 Å². The van der Waals surface area contributed by atoms with Crippen LogP contribution in [0.25, 0.3) is 0 Å². The zero-order chi connectivity index (χ0) is 29.7. The minimum absolute atomic E-state index is 0.0127. The van der Waals surface area contributed by atoms with E-state index in [2.05, 4.69) is 34.0 Å². The van der Waals surface area contributed by atoms with Gasteiger partial charge in [0, 0.05) is 43.2 Å². The van der Waals surface area contributed by atoms with Gasteiger partial charge in [0.25, 0.3) is 11.5 Å². The molecule has 0 unspecified atom stereocenters. The van der Waals surface area contributed by atoms with E-state index >= 15 is 0 Å². The fourth-order valence-corrected chi connectivity index (χ4v) is 3.99. The number of carbonyl (C=O) groups is 2. The molecule has 9 nitrogen and oxygen atoms in total. The molecule has 1 aromatic carbocycles. The molecule has 214 valence electrons. The van der Waals surface area contributed by atoms with Crippen molar-refractivity contribution in [1.82, 2.24) is 9.47 Å². The van der Waals surface area contributed by atoms with Crippen molar-refractivity contribution in [2.75, 3.05) is 30.1 Å². The minimum Gasteiger partial charge on any atom is -0.369 e. The van der Waals surface area contributed by atoms with E-state index in [1.807, 2.05) is 33.0 Å². The first-order valence-electron chi connectivity index (χ1n) is 12.1. The molecule has 1 saturated carbocycles. The van der Waals surface area contributed by atoms with Crippen LogP contribution in [0.5, 0.6) is 0 Å². The quantitative estimate of drug-likeness (QED) is 0.100. The van der Waals surface area contributed by atoms with Gasteiger partial charge < -0.3 is 16.0 Å². The molecule has 4 rings (SSSR count). The molecule has 3 N–H and O–H groups in total. The van der Waals surface area contributed by atoms with Crippen LogP contribution < -0.4 is 21.5 Å². The fraction of sp³-hybridized carbons (Fsp3) is 0.462. The number of aliphatic imine (C=N–C) groups is 1. The maximum Gasteiger partial charge on any atom is 0.259 e. The summed E-state index contributed by atoms with van der Waals surface area (Å²) in [5.41, 5.74) is 6.40. The number of thioether (sulfide) groups is 1. The van der Waals surface area contributed by atoms with Crippen LogP contribution in [0.3, 0.4) is 0 Å². The summed E-state index contributed by atoms with van der Waals surface area (Å²) in [5.74, 6) is 0.258. The summed E-state index contributed by atoms with van der Waals surface area (Å²) in [7, 11) is 8.02. The van der Waals surface area contributed by atoms with E-state index in [0.717, 1.165) is 23.3 Å². The average Bonchev–Trinajstić information content (AvgIpc) is 3.85. The Labute approximate surface area is 250 Å². The van der Waals surface area contributed by atoms with Gasteiger partial charge in [0.2, 0.25) is 12.4 Å². The highest BCUT2D eigenvalue weighted by Crippen LogP contribution is 2.42. The van der Waals surface area contributed by atoms with Crippen molar-refractivity contribution in [3.05, 3.63) is 51.1 Å². The largest absolute Gasteiger partial charge is 0.369 e. The summed E-state index contributed by atoms with van der Waals surface area (Å²) >= 11 is 3.87. The van der Waals surface area contributed by atoms with Gasteiger partial charge in [-0.1, -0.05) is 6.07 Å². The zero-order valence-corrected chi connectivity index (χ0v) is 27.1. The molecule has 13 heteroatoms. The number of benzene rings is 1. The van der Waals surface area contributed by atoms with Gasteiger partial charge in [-0.15, -0.1) is 9.80 Å².